The molecule has 0 saturated carbocycles. The third kappa shape index (κ3) is 9.07. The lowest BCUT2D eigenvalue weighted by Gasteiger charge is -2.09. The minimum absolute atomic E-state index is 1.01. The first kappa shape index (κ1) is 19.3. The van der Waals surface area contributed by atoms with E-state index in [9.17, 15) is 0 Å². The van der Waals surface area contributed by atoms with Crippen molar-refractivity contribution in [3.63, 3.8) is 0 Å². The summed E-state index contributed by atoms with van der Waals surface area (Å²) in [6, 6.07) is 8.35. The van der Waals surface area contributed by atoms with Crippen LogP contribution in [0.3, 0.4) is 0 Å². The number of halogens is 2. The molecule has 1 aromatic rings. The minimum Gasteiger partial charge on any atom is -0.0727 e. The number of benzene rings is 1. The van der Waals surface area contributed by atoms with E-state index in [1.54, 1.807) is 0 Å². The molecule has 1 rings (SSSR count). The summed E-state index contributed by atoms with van der Waals surface area (Å²) >= 11 is 12.1. The summed E-state index contributed by atoms with van der Waals surface area (Å²) in [6.07, 6.45) is 14.9. The Morgan fingerprint density at radius 2 is 1.29 bits per heavy atom. The summed E-state index contributed by atoms with van der Waals surface area (Å²) in [5.41, 5.74) is 1.34. The van der Waals surface area contributed by atoms with Crippen molar-refractivity contribution in [2.24, 2.45) is 0 Å². The third-order valence-electron chi connectivity index (χ3n) is 3.97. The molecule has 0 atom stereocenters. The SMILES string of the molecule is CCCCCCCCCCCCc1ccccc1P(Cl)Cl. The van der Waals surface area contributed by atoms with Gasteiger partial charge in [-0.05, 0) is 18.4 Å². The molecule has 0 nitrogen and oxygen atoms in total. The number of aryl methyl sites for hydroxylation is 1. The Morgan fingerprint density at radius 3 is 1.86 bits per heavy atom. The molecule has 3 heteroatoms. The van der Waals surface area contributed by atoms with Crippen molar-refractivity contribution in [3.05, 3.63) is 29.8 Å². The van der Waals surface area contributed by atoms with Gasteiger partial charge in [-0.25, -0.2) is 0 Å². The van der Waals surface area contributed by atoms with Crippen LogP contribution in [0, 0.1) is 0 Å². The van der Waals surface area contributed by atoms with E-state index >= 15 is 0 Å². The van der Waals surface area contributed by atoms with E-state index in [0.29, 0.717) is 0 Å². The Balaban J connectivity index is 2.04. The van der Waals surface area contributed by atoms with Gasteiger partial charge in [-0.2, -0.15) is 0 Å². The van der Waals surface area contributed by atoms with Crippen molar-refractivity contribution in [1.82, 2.24) is 0 Å². The molecular formula is C18H29Cl2P. The van der Waals surface area contributed by atoms with Crippen LogP contribution in [-0.2, 0) is 6.42 Å². The number of hydrogen-bond donors (Lipinski definition) is 0. The smallest absolute Gasteiger partial charge is 0.0727 e. The van der Waals surface area contributed by atoms with Crippen LogP contribution >= 0.6 is 29.1 Å². The lowest BCUT2D eigenvalue weighted by molar-refractivity contribution is 0.556. The average Bonchev–Trinajstić information content (AvgIpc) is 2.49. The van der Waals surface area contributed by atoms with E-state index < -0.39 is 6.63 Å². The van der Waals surface area contributed by atoms with Gasteiger partial charge in [0.2, 0.25) is 0 Å². The summed E-state index contributed by atoms with van der Waals surface area (Å²) in [7, 11) is 0. The summed E-state index contributed by atoms with van der Waals surface area (Å²) < 4.78 is 0. The Morgan fingerprint density at radius 1 is 0.762 bits per heavy atom. The zero-order chi connectivity index (χ0) is 15.3. The molecule has 0 bridgehead atoms. The van der Waals surface area contributed by atoms with E-state index in [0.717, 1.165) is 11.7 Å². The van der Waals surface area contributed by atoms with E-state index in [4.69, 9.17) is 22.5 Å². The zero-order valence-corrected chi connectivity index (χ0v) is 15.7. The fourth-order valence-corrected chi connectivity index (χ4v) is 4.28. The van der Waals surface area contributed by atoms with Crippen molar-refractivity contribution >= 4 is 34.4 Å². The highest BCUT2D eigenvalue weighted by Crippen LogP contribution is 2.46. The van der Waals surface area contributed by atoms with Gasteiger partial charge in [0.1, 0.15) is 6.63 Å². The van der Waals surface area contributed by atoms with Crippen LogP contribution in [0.2, 0.25) is 0 Å². The first-order chi connectivity index (χ1) is 10.3. The summed E-state index contributed by atoms with van der Waals surface area (Å²) in [4.78, 5) is 0. The van der Waals surface area contributed by atoms with Gasteiger partial charge in [0.25, 0.3) is 0 Å². The molecule has 0 aromatic heterocycles. The van der Waals surface area contributed by atoms with E-state index in [1.165, 1.54) is 69.8 Å². The Labute approximate surface area is 142 Å². The molecule has 1 aromatic carbocycles. The Hall–Kier alpha value is 0.230. The first-order valence-corrected chi connectivity index (χ1v) is 11.6. The van der Waals surface area contributed by atoms with Crippen LogP contribution < -0.4 is 5.30 Å². The van der Waals surface area contributed by atoms with Crippen LogP contribution in [0.5, 0.6) is 0 Å². The molecule has 0 unspecified atom stereocenters. The van der Waals surface area contributed by atoms with Crippen LogP contribution in [0.1, 0.15) is 76.7 Å². The molecular weight excluding hydrogens is 318 g/mol. The molecule has 0 aliphatic heterocycles. The van der Waals surface area contributed by atoms with Gasteiger partial charge in [-0.15, -0.1) is 0 Å². The normalized spacial score (nSPS) is 11.2. The van der Waals surface area contributed by atoms with Crippen LogP contribution in [0.25, 0.3) is 0 Å². The molecule has 0 N–H and O–H groups in total. The largest absolute Gasteiger partial charge is 0.117 e. The minimum atomic E-state index is -1.01. The average molecular weight is 347 g/mol. The third-order valence-corrected chi connectivity index (χ3v) is 5.87. The highest BCUT2D eigenvalue weighted by molar-refractivity contribution is 8.08. The van der Waals surface area contributed by atoms with Crippen molar-refractivity contribution in [2.75, 3.05) is 0 Å². The van der Waals surface area contributed by atoms with Crippen molar-refractivity contribution in [2.45, 2.75) is 77.6 Å². The van der Waals surface area contributed by atoms with Gasteiger partial charge in [0.15, 0.2) is 0 Å². The molecule has 0 radical (unpaired) electrons. The van der Waals surface area contributed by atoms with E-state index in [-0.39, 0.29) is 0 Å². The standard InChI is InChI=1S/C18H29Cl2P/c1-2-3-4-5-6-7-8-9-10-11-14-17-15-12-13-16-18(17)21(19)20/h12-13,15-16H,2-11,14H2,1H3. The van der Waals surface area contributed by atoms with Crippen molar-refractivity contribution < 1.29 is 0 Å². The van der Waals surface area contributed by atoms with Crippen LogP contribution in [-0.4, -0.2) is 0 Å². The molecule has 120 valence electrons. The molecule has 0 amide bonds. The summed E-state index contributed by atoms with van der Waals surface area (Å²) in [5.74, 6) is 0. The predicted octanol–water partition coefficient (Wildman–Crippen LogP) is 7.56. The highest BCUT2D eigenvalue weighted by Gasteiger charge is 2.08. The molecule has 0 aliphatic carbocycles. The fraction of sp³-hybridized carbons (Fsp3) is 0.667. The maximum atomic E-state index is 6.07. The van der Waals surface area contributed by atoms with Gasteiger partial charge < -0.3 is 0 Å². The highest BCUT2D eigenvalue weighted by atomic mass is 35.9. The van der Waals surface area contributed by atoms with Gasteiger partial charge in [-0.1, -0.05) is 111 Å². The molecule has 21 heavy (non-hydrogen) atoms. The maximum absolute atomic E-state index is 6.07. The molecule has 0 spiro atoms. The lowest BCUT2D eigenvalue weighted by Crippen LogP contribution is -2.04. The maximum Gasteiger partial charge on any atom is 0.117 e. The Kier molecular flexibility index (Phi) is 11.7. The van der Waals surface area contributed by atoms with Gasteiger partial charge in [0.05, 0.1) is 0 Å². The van der Waals surface area contributed by atoms with E-state index in [1.807, 2.05) is 6.07 Å². The fourth-order valence-electron chi connectivity index (χ4n) is 2.69. The van der Waals surface area contributed by atoms with Gasteiger partial charge in [-0.3, -0.25) is 0 Å². The topological polar surface area (TPSA) is 0 Å². The number of rotatable bonds is 12. The monoisotopic (exact) mass is 346 g/mol. The lowest BCUT2D eigenvalue weighted by atomic mass is 10.0. The predicted molar refractivity (Wildman–Crippen MR) is 100 cm³/mol. The van der Waals surface area contributed by atoms with Crippen molar-refractivity contribution in [3.8, 4) is 0 Å². The van der Waals surface area contributed by atoms with Crippen LogP contribution in [0.15, 0.2) is 24.3 Å². The molecule has 0 fully saturated rings. The zero-order valence-electron chi connectivity index (χ0n) is 13.3. The van der Waals surface area contributed by atoms with Crippen LogP contribution in [0.4, 0.5) is 0 Å². The summed E-state index contributed by atoms with van der Waals surface area (Å²) in [5, 5.41) is 1.15. The Bertz CT molecular complexity index is 366. The van der Waals surface area contributed by atoms with Gasteiger partial charge >= 0.3 is 0 Å². The quantitative estimate of drug-likeness (QED) is 0.270. The number of hydrogen-bond acceptors (Lipinski definition) is 0. The molecule has 0 aliphatic rings. The molecule has 0 saturated heterocycles. The van der Waals surface area contributed by atoms with Crippen molar-refractivity contribution in [1.29, 1.82) is 0 Å². The second kappa shape index (κ2) is 12.7. The number of unbranched alkanes of at least 4 members (excludes halogenated alkanes) is 9. The second-order valence-corrected chi connectivity index (χ2v) is 9.29. The van der Waals surface area contributed by atoms with Gasteiger partial charge in [0, 0.05) is 5.30 Å². The van der Waals surface area contributed by atoms with E-state index in [2.05, 4.69) is 25.1 Å². The molecule has 0 heterocycles. The second-order valence-electron chi connectivity index (χ2n) is 5.79. The summed E-state index contributed by atoms with van der Waals surface area (Å²) in [6.45, 7) is 1.26. The first-order valence-electron chi connectivity index (χ1n) is 8.45.